The van der Waals surface area contributed by atoms with Crippen molar-refractivity contribution in [2.75, 3.05) is 24.6 Å². The molecule has 0 aromatic heterocycles. The fourth-order valence-electron chi connectivity index (χ4n) is 5.30. The van der Waals surface area contributed by atoms with Crippen LogP contribution in [0.4, 0.5) is 5.69 Å². The molecule has 0 spiro atoms. The topological polar surface area (TPSA) is 79.2 Å². The summed E-state index contributed by atoms with van der Waals surface area (Å²) in [5, 5.41) is 20.7. The normalized spacial score (nSPS) is 19.3. The van der Waals surface area contributed by atoms with Crippen LogP contribution in [0, 0.1) is 13.8 Å². The Morgan fingerprint density at radius 2 is 1.81 bits per heavy atom. The summed E-state index contributed by atoms with van der Waals surface area (Å²) >= 11 is 0. The van der Waals surface area contributed by atoms with Crippen LogP contribution in [0.1, 0.15) is 81.5 Å². The van der Waals surface area contributed by atoms with Crippen LogP contribution in [-0.2, 0) is 22.4 Å². The maximum atomic E-state index is 11.6. The average Bonchev–Trinajstić information content (AvgIpc) is 3.04. The molecule has 3 rings (SSSR count). The zero-order chi connectivity index (χ0) is 23.5. The van der Waals surface area contributed by atoms with Gasteiger partial charge in [-0.1, -0.05) is 0 Å². The van der Waals surface area contributed by atoms with Gasteiger partial charge in [0, 0.05) is 30.8 Å². The lowest BCUT2D eigenvalue weighted by molar-refractivity contribution is -0.145. The van der Waals surface area contributed by atoms with Crippen molar-refractivity contribution in [3.8, 4) is 5.75 Å². The van der Waals surface area contributed by atoms with Gasteiger partial charge >= 0.3 is 5.97 Å². The van der Waals surface area contributed by atoms with Crippen molar-refractivity contribution in [3.63, 3.8) is 0 Å². The summed E-state index contributed by atoms with van der Waals surface area (Å²) in [7, 11) is 0. The van der Waals surface area contributed by atoms with Gasteiger partial charge in [0.05, 0.1) is 25.2 Å². The Kier molecular flexibility index (Phi) is 8.10. The van der Waals surface area contributed by atoms with E-state index in [4.69, 9.17) is 9.47 Å². The van der Waals surface area contributed by atoms with Gasteiger partial charge in [0.2, 0.25) is 0 Å². The zero-order valence-corrected chi connectivity index (χ0v) is 20.5. The van der Waals surface area contributed by atoms with Crippen LogP contribution in [0.25, 0.3) is 0 Å². The number of ether oxygens (including phenoxy) is 2. The van der Waals surface area contributed by atoms with Crippen LogP contribution >= 0.6 is 0 Å². The summed E-state index contributed by atoms with van der Waals surface area (Å²) in [6, 6.07) is 0. The predicted molar refractivity (Wildman–Crippen MR) is 127 cm³/mol. The maximum absolute atomic E-state index is 11.6. The lowest BCUT2D eigenvalue weighted by Crippen LogP contribution is -2.31. The Labute approximate surface area is 192 Å². The molecule has 2 heterocycles. The first-order chi connectivity index (χ1) is 15.1. The molecule has 6 nitrogen and oxygen atoms in total. The Bertz CT molecular complexity index is 813. The molecular weight excluding hydrogens is 406 g/mol. The van der Waals surface area contributed by atoms with E-state index < -0.39 is 18.2 Å². The van der Waals surface area contributed by atoms with Crippen molar-refractivity contribution in [3.05, 3.63) is 22.3 Å². The Morgan fingerprint density at radius 1 is 1.12 bits per heavy atom. The van der Waals surface area contributed by atoms with Gasteiger partial charge in [0.25, 0.3) is 0 Å². The number of benzene rings is 1. The van der Waals surface area contributed by atoms with E-state index >= 15 is 0 Å². The third kappa shape index (κ3) is 5.76. The molecule has 2 N–H and O–H groups in total. The van der Waals surface area contributed by atoms with Crippen LogP contribution in [-0.4, -0.2) is 53.7 Å². The molecule has 0 saturated carbocycles. The molecule has 0 bridgehead atoms. The third-order valence-electron chi connectivity index (χ3n) is 6.80. The summed E-state index contributed by atoms with van der Waals surface area (Å²) in [6.45, 7) is 12.9. The Balaban J connectivity index is 1.78. The number of fused-ring (bicyclic) bond motifs is 1. The molecule has 6 heteroatoms. The molecule has 1 fully saturated rings. The minimum atomic E-state index is -0.895. The summed E-state index contributed by atoms with van der Waals surface area (Å²) < 4.78 is 11.3. The van der Waals surface area contributed by atoms with E-state index in [0.717, 1.165) is 25.3 Å². The first-order valence-corrected chi connectivity index (χ1v) is 12.2. The maximum Gasteiger partial charge on any atom is 0.308 e. The monoisotopic (exact) mass is 447 g/mol. The highest BCUT2D eigenvalue weighted by atomic mass is 16.5. The lowest BCUT2D eigenvalue weighted by Gasteiger charge is -2.33. The van der Waals surface area contributed by atoms with Crippen LogP contribution in [0.15, 0.2) is 0 Å². The highest BCUT2D eigenvalue weighted by molar-refractivity contribution is 5.70. The highest BCUT2D eigenvalue weighted by Crippen LogP contribution is 2.46. The number of hydrogen-bond donors (Lipinski definition) is 2. The van der Waals surface area contributed by atoms with Gasteiger partial charge in [-0.05, 0) is 89.8 Å². The summed E-state index contributed by atoms with van der Waals surface area (Å²) in [4.78, 5) is 14.1. The molecule has 0 radical (unpaired) electrons. The molecule has 2 unspecified atom stereocenters. The number of aliphatic hydroxyl groups is 2. The van der Waals surface area contributed by atoms with Crippen molar-refractivity contribution in [1.82, 2.24) is 0 Å². The molecule has 1 aromatic rings. The van der Waals surface area contributed by atoms with E-state index in [1.165, 1.54) is 47.2 Å². The standard InChI is InChI=1S/C26H41NO5/c1-6-31-23(30)15-20(29)14-19(28)10-11-21-17(2)24(27-12-8-7-9-13-27)18(3)22-16-26(4,5)32-25(21)22/h19-20,28-29H,6-16H2,1-5H3. The van der Waals surface area contributed by atoms with Gasteiger partial charge in [0.1, 0.15) is 11.4 Å². The molecular formula is C26H41NO5. The van der Waals surface area contributed by atoms with Crippen molar-refractivity contribution >= 4 is 11.7 Å². The van der Waals surface area contributed by atoms with Gasteiger partial charge in [-0.3, -0.25) is 4.79 Å². The number of nitrogens with zero attached hydrogens (tertiary/aromatic N) is 1. The number of hydrogen-bond acceptors (Lipinski definition) is 6. The van der Waals surface area contributed by atoms with Gasteiger partial charge in [-0.15, -0.1) is 0 Å². The molecule has 0 aliphatic carbocycles. The molecule has 2 aliphatic rings. The quantitative estimate of drug-likeness (QED) is 0.557. The fraction of sp³-hybridized carbons (Fsp3) is 0.731. The first kappa shape index (κ1) is 24.8. The van der Waals surface area contributed by atoms with E-state index in [0.29, 0.717) is 19.4 Å². The van der Waals surface area contributed by atoms with Crippen molar-refractivity contribution in [2.45, 2.75) is 104 Å². The third-order valence-corrected chi connectivity index (χ3v) is 6.80. The van der Waals surface area contributed by atoms with Crippen LogP contribution in [0.2, 0.25) is 0 Å². The molecule has 0 amide bonds. The Hall–Kier alpha value is -1.79. The van der Waals surface area contributed by atoms with Gasteiger partial charge in [-0.2, -0.15) is 0 Å². The molecule has 1 saturated heterocycles. The summed E-state index contributed by atoms with van der Waals surface area (Å²) in [5.41, 5.74) is 6.17. The second-order valence-electron chi connectivity index (χ2n) is 10.1. The largest absolute Gasteiger partial charge is 0.487 e. The SMILES string of the molecule is CCOC(=O)CC(O)CC(O)CCc1c(C)c(N2CCCCC2)c(C)c2c1OC(C)(C)C2. The van der Waals surface area contributed by atoms with Crippen molar-refractivity contribution < 1.29 is 24.5 Å². The average molecular weight is 448 g/mol. The second-order valence-corrected chi connectivity index (χ2v) is 10.1. The fourth-order valence-corrected chi connectivity index (χ4v) is 5.30. The zero-order valence-electron chi connectivity index (χ0n) is 20.5. The minimum absolute atomic E-state index is 0.0831. The molecule has 180 valence electrons. The van der Waals surface area contributed by atoms with Crippen LogP contribution in [0.3, 0.4) is 0 Å². The van der Waals surface area contributed by atoms with Crippen LogP contribution in [0.5, 0.6) is 5.75 Å². The molecule has 2 aliphatic heterocycles. The van der Waals surface area contributed by atoms with Crippen molar-refractivity contribution in [1.29, 1.82) is 0 Å². The van der Waals surface area contributed by atoms with E-state index in [9.17, 15) is 15.0 Å². The van der Waals surface area contributed by atoms with Gasteiger partial charge < -0.3 is 24.6 Å². The van der Waals surface area contributed by atoms with Gasteiger partial charge in [0.15, 0.2) is 0 Å². The van der Waals surface area contributed by atoms with E-state index in [1.807, 2.05) is 0 Å². The lowest BCUT2D eigenvalue weighted by atomic mass is 9.88. The number of carbonyl (C=O) groups is 1. The summed E-state index contributed by atoms with van der Waals surface area (Å²) in [6.07, 6.45) is 4.33. The van der Waals surface area contributed by atoms with E-state index in [-0.39, 0.29) is 18.4 Å². The number of aliphatic hydroxyl groups excluding tert-OH is 2. The number of rotatable bonds is 9. The summed E-state index contributed by atoms with van der Waals surface area (Å²) in [5.74, 6) is 0.561. The van der Waals surface area contributed by atoms with E-state index in [2.05, 4.69) is 32.6 Å². The number of piperidine rings is 1. The second kappa shape index (κ2) is 10.4. The van der Waals surface area contributed by atoms with Crippen molar-refractivity contribution in [2.24, 2.45) is 0 Å². The predicted octanol–water partition coefficient (Wildman–Crippen LogP) is 4.00. The number of anilines is 1. The smallest absolute Gasteiger partial charge is 0.308 e. The van der Waals surface area contributed by atoms with E-state index in [1.54, 1.807) is 6.92 Å². The van der Waals surface area contributed by atoms with Gasteiger partial charge in [-0.25, -0.2) is 0 Å². The number of esters is 1. The Morgan fingerprint density at radius 3 is 2.47 bits per heavy atom. The molecule has 32 heavy (non-hydrogen) atoms. The molecule has 1 aromatic carbocycles. The minimum Gasteiger partial charge on any atom is -0.487 e. The number of carbonyl (C=O) groups excluding carboxylic acids is 1. The first-order valence-electron chi connectivity index (χ1n) is 12.2. The molecule has 2 atom stereocenters. The van der Waals surface area contributed by atoms with Crippen LogP contribution < -0.4 is 9.64 Å². The highest BCUT2D eigenvalue weighted by Gasteiger charge is 2.36.